The van der Waals surface area contributed by atoms with Crippen LogP contribution < -0.4 is 0 Å². The van der Waals surface area contributed by atoms with Crippen LogP contribution in [0.1, 0.15) is 60.3 Å². The van der Waals surface area contributed by atoms with Gasteiger partial charge >= 0.3 is 0 Å². The van der Waals surface area contributed by atoms with Gasteiger partial charge in [0.15, 0.2) is 11.6 Å². The molecule has 31 heavy (non-hydrogen) atoms. The molecule has 0 radical (unpaired) electrons. The maximum Gasteiger partial charge on any atom is 0.190 e. The minimum absolute atomic E-state index is 0.0131. The number of fused-ring (bicyclic) bond motifs is 5. The molecule has 5 nitrogen and oxygen atoms in total. The zero-order chi connectivity index (χ0) is 23.0. The molecule has 0 unspecified atom stereocenters. The average Bonchev–Trinajstić information content (AvgIpc) is 2.89. The van der Waals surface area contributed by atoms with E-state index in [9.17, 15) is 19.8 Å². The van der Waals surface area contributed by atoms with E-state index in [1.54, 1.807) is 12.2 Å². The molecule has 0 saturated heterocycles. The zero-order valence-electron chi connectivity index (χ0n) is 19.2. The fourth-order valence-corrected chi connectivity index (χ4v) is 8.02. The van der Waals surface area contributed by atoms with Crippen LogP contribution in [0.3, 0.4) is 0 Å². The first-order valence-corrected chi connectivity index (χ1v) is 11.9. The summed E-state index contributed by atoms with van der Waals surface area (Å²) in [6.07, 6.45) is 6.40. The van der Waals surface area contributed by atoms with Crippen LogP contribution in [0.5, 0.6) is 0 Å². The molecule has 0 aromatic rings. The molecule has 0 aromatic carbocycles. The molecule has 4 aliphatic rings. The van der Waals surface area contributed by atoms with Crippen LogP contribution in [0, 0.1) is 28.6 Å². The molecular formula is C25H35ClO5. The van der Waals surface area contributed by atoms with Crippen LogP contribution in [0.2, 0.25) is 0 Å². The van der Waals surface area contributed by atoms with Crippen LogP contribution >= 0.6 is 11.6 Å². The summed E-state index contributed by atoms with van der Waals surface area (Å²) in [5, 5.41) is 23.4. The smallest absolute Gasteiger partial charge is 0.190 e. The molecule has 0 aliphatic heterocycles. The summed E-state index contributed by atoms with van der Waals surface area (Å²) >= 11 is 7.40. The molecule has 8 atom stereocenters. The Morgan fingerprint density at radius 3 is 2.65 bits per heavy atom. The van der Waals surface area contributed by atoms with E-state index in [0.29, 0.717) is 6.42 Å². The van der Waals surface area contributed by atoms with Gasteiger partial charge < -0.3 is 14.9 Å². The van der Waals surface area contributed by atoms with Crippen molar-refractivity contribution in [1.29, 1.82) is 0 Å². The van der Waals surface area contributed by atoms with Gasteiger partial charge in [-0.3, -0.25) is 9.59 Å². The van der Waals surface area contributed by atoms with Gasteiger partial charge in [-0.05, 0) is 69.4 Å². The molecule has 2 N–H and O–H groups in total. The number of carbonyl (C=O) groups is 2. The number of alkyl halides is 1. The van der Waals surface area contributed by atoms with Crippen LogP contribution in [0.25, 0.3) is 0 Å². The number of Topliss-reactive ketones (excluding diaryl/α,β-unsaturated/α-hetero) is 1. The van der Waals surface area contributed by atoms with Gasteiger partial charge in [-0.2, -0.15) is 0 Å². The highest BCUT2D eigenvalue weighted by molar-refractivity contribution is 6.26. The maximum absolute atomic E-state index is 13.3. The Balaban J connectivity index is 1.75. The van der Waals surface area contributed by atoms with Gasteiger partial charge in [0, 0.05) is 10.8 Å². The molecule has 0 bridgehead atoms. The normalized spacial score (nSPS) is 48.8. The molecule has 6 heteroatoms. The van der Waals surface area contributed by atoms with E-state index in [-0.39, 0.29) is 48.5 Å². The summed E-state index contributed by atoms with van der Waals surface area (Å²) in [6, 6.07) is 0. The third-order valence-electron chi connectivity index (χ3n) is 9.20. The fourth-order valence-electron chi connectivity index (χ4n) is 7.49. The zero-order valence-corrected chi connectivity index (χ0v) is 19.9. The number of allylic oxidation sites excluding steroid dienone is 4. The van der Waals surface area contributed by atoms with Crippen molar-refractivity contribution in [3.63, 3.8) is 0 Å². The number of halogens is 1. The van der Waals surface area contributed by atoms with E-state index < -0.39 is 27.4 Å². The lowest BCUT2D eigenvalue weighted by Gasteiger charge is -2.63. The lowest BCUT2D eigenvalue weighted by molar-refractivity contribution is -0.181. The molecule has 0 amide bonds. The molecular weight excluding hydrogens is 416 g/mol. The number of ketones is 2. The second-order valence-electron chi connectivity index (χ2n) is 11.0. The van der Waals surface area contributed by atoms with E-state index in [1.807, 2.05) is 40.7 Å². The first-order chi connectivity index (χ1) is 14.3. The Morgan fingerprint density at radius 1 is 1.32 bits per heavy atom. The quantitative estimate of drug-likeness (QED) is 0.639. The molecule has 3 fully saturated rings. The number of rotatable bonds is 4. The van der Waals surface area contributed by atoms with Gasteiger partial charge in [0.05, 0.1) is 17.1 Å². The van der Waals surface area contributed by atoms with E-state index >= 15 is 0 Å². The first kappa shape index (κ1) is 23.2. The number of aliphatic hydroxyl groups is 2. The van der Waals surface area contributed by atoms with Gasteiger partial charge in [-0.25, -0.2) is 0 Å². The van der Waals surface area contributed by atoms with Crippen molar-refractivity contribution in [3.8, 4) is 0 Å². The second-order valence-corrected chi connectivity index (χ2v) is 11.6. The van der Waals surface area contributed by atoms with Crippen molar-refractivity contribution in [2.24, 2.45) is 28.6 Å². The Hall–Kier alpha value is -1.01. The number of hydrogen-bond donors (Lipinski definition) is 2. The van der Waals surface area contributed by atoms with Crippen LogP contribution in [-0.4, -0.2) is 51.1 Å². The molecule has 4 aliphatic carbocycles. The highest BCUT2D eigenvalue weighted by atomic mass is 35.5. The van der Waals surface area contributed by atoms with Crippen molar-refractivity contribution < 1.29 is 24.5 Å². The van der Waals surface area contributed by atoms with Crippen molar-refractivity contribution in [3.05, 3.63) is 23.8 Å². The first-order valence-electron chi connectivity index (χ1n) is 11.5. The average molecular weight is 451 g/mol. The SMILES string of the molecule is CC(C)OCC(=O)[C@@]1(O)[C@@H](C)C[C@H]2[C@@H]3CCC4=CC(=O)C=C[C@]4(C)[C@@]3(Cl)[C@@H](O)C[C@@]21C. The van der Waals surface area contributed by atoms with Crippen LogP contribution in [0.4, 0.5) is 0 Å². The Kier molecular flexibility index (Phi) is 5.41. The van der Waals surface area contributed by atoms with Crippen molar-refractivity contribution in [1.82, 2.24) is 0 Å². The minimum atomic E-state index is -1.57. The third-order valence-corrected chi connectivity index (χ3v) is 10.1. The summed E-state index contributed by atoms with van der Waals surface area (Å²) < 4.78 is 5.56. The third kappa shape index (κ3) is 2.86. The van der Waals surface area contributed by atoms with E-state index in [1.165, 1.54) is 0 Å². The Labute approximate surface area is 189 Å². The lowest BCUT2D eigenvalue weighted by atomic mass is 9.45. The predicted molar refractivity (Wildman–Crippen MR) is 119 cm³/mol. The van der Waals surface area contributed by atoms with E-state index in [2.05, 4.69) is 0 Å². The summed E-state index contributed by atoms with van der Waals surface area (Å²) in [4.78, 5) is 24.3. The van der Waals surface area contributed by atoms with Crippen LogP contribution in [-0.2, 0) is 14.3 Å². The highest BCUT2D eigenvalue weighted by Crippen LogP contribution is 2.71. The predicted octanol–water partition coefficient (Wildman–Crippen LogP) is 3.60. The summed E-state index contributed by atoms with van der Waals surface area (Å²) in [5.74, 6) is -0.705. The number of aliphatic hydroxyl groups excluding tert-OH is 1. The fraction of sp³-hybridized carbons (Fsp3) is 0.760. The summed E-state index contributed by atoms with van der Waals surface area (Å²) in [7, 11) is 0. The lowest BCUT2D eigenvalue weighted by Crippen LogP contribution is -2.69. The molecule has 0 spiro atoms. The Morgan fingerprint density at radius 2 is 2.00 bits per heavy atom. The maximum atomic E-state index is 13.3. The topological polar surface area (TPSA) is 83.8 Å². The second kappa shape index (κ2) is 7.24. The van der Waals surface area contributed by atoms with Gasteiger partial charge in [0.1, 0.15) is 12.2 Å². The number of carbonyl (C=O) groups excluding carboxylic acids is 2. The molecule has 0 aromatic heterocycles. The number of ether oxygens (including phenoxy) is 1. The van der Waals surface area contributed by atoms with Gasteiger partial charge in [-0.1, -0.05) is 32.4 Å². The van der Waals surface area contributed by atoms with Crippen LogP contribution in [0.15, 0.2) is 23.8 Å². The van der Waals surface area contributed by atoms with Crippen molar-refractivity contribution >= 4 is 23.2 Å². The molecule has 3 saturated carbocycles. The summed E-state index contributed by atoms with van der Waals surface area (Å²) in [6.45, 7) is 9.48. The Bertz CT molecular complexity index is 864. The number of hydrogen-bond acceptors (Lipinski definition) is 5. The molecule has 0 heterocycles. The van der Waals surface area contributed by atoms with Crippen molar-refractivity contribution in [2.75, 3.05) is 6.61 Å². The molecule has 4 rings (SSSR count). The van der Waals surface area contributed by atoms with Gasteiger partial charge in [-0.15, -0.1) is 11.6 Å². The highest BCUT2D eigenvalue weighted by Gasteiger charge is 2.74. The van der Waals surface area contributed by atoms with Crippen molar-refractivity contribution in [2.45, 2.75) is 83.0 Å². The standard InChI is InChI=1S/C25H35ClO5/c1-14(2)31-13-21(29)25(30)15(3)10-19-18-7-6-16-11-17(27)8-9-22(16,4)24(18,26)20(28)12-23(19,25)5/h8-9,11,14-15,18-20,28,30H,6-7,10,12-13H2,1-5H3/t15-,18-,19-,20-,22-,23-,24-,25-/m0/s1. The van der Waals surface area contributed by atoms with Gasteiger partial charge in [0.25, 0.3) is 0 Å². The van der Waals surface area contributed by atoms with E-state index in [4.69, 9.17) is 16.3 Å². The summed E-state index contributed by atoms with van der Waals surface area (Å²) in [5.41, 5.74) is -2.03. The van der Waals surface area contributed by atoms with Gasteiger partial charge in [0.2, 0.25) is 0 Å². The van der Waals surface area contributed by atoms with E-state index in [0.717, 1.165) is 18.4 Å². The monoisotopic (exact) mass is 450 g/mol. The largest absolute Gasteiger partial charge is 0.391 e. The minimum Gasteiger partial charge on any atom is -0.391 e. The molecule has 172 valence electrons.